The van der Waals surface area contributed by atoms with Crippen molar-refractivity contribution in [3.05, 3.63) is 35.9 Å². The molecule has 1 aromatic rings. The molecule has 0 radical (unpaired) electrons. The molecular weight excluding hydrogens is 444 g/mol. The summed E-state index contributed by atoms with van der Waals surface area (Å²) in [6.07, 6.45) is -0.109. The fourth-order valence-electron chi connectivity index (χ4n) is 4.01. The molecule has 1 aliphatic heterocycles. The molecule has 1 N–H and O–H groups in total. The Morgan fingerprint density at radius 3 is 2.45 bits per heavy atom. The van der Waals surface area contributed by atoms with Crippen LogP contribution in [0.1, 0.15) is 39.7 Å². The van der Waals surface area contributed by atoms with Gasteiger partial charge in [-0.2, -0.15) is 0 Å². The molecule has 184 valence electrons. The molecule has 1 aliphatic rings. The lowest BCUT2D eigenvalue weighted by Crippen LogP contribution is -2.57. The highest BCUT2D eigenvalue weighted by Gasteiger charge is 2.46. The summed E-state index contributed by atoms with van der Waals surface area (Å²) in [6.45, 7) is 7.94. The summed E-state index contributed by atoms with van der Waals surface area (Å²) < 4.78 is 10.6. The molecule has 0 spiro atoms. The van der Waals surface area contributed by atoms with Crippen LogP contribution in [0.4, 0.5) is 9.59 Å². The third-order valence-electron chi connectivity index (χ3n) is 6.24. The Hall–Kier alpha value is -2.26. The maximum atomic E-state index is 13.4. The summed E-state index contributed by atoms with van der Waals surface area (Å²) in [7, 11) is 1.57. The van der Waals surface area contributed by atoms with Crippen LogP contribution in [0.3, 0.4) is 0 Å². The van der Waals surface area contributed by atoms with Crippen molar-refractivity contribution in [2.24, 2.45) is 11.8 Å². The van der Waals surface area contributed by atoms with Crippen LogP contribution in [0.25, 0.3) is 0 Å². The fourth-order valence-corrected chi connectivity index (χ4v) is 4.77. The summed E-state index contributed by atoms with van der Waals surface area (Å²) in [5.41, 5.74) is 0.851. The Balaban J connectivity index is 2.21. The number of cyclic esters (lactones) is 1. The highest BCUT2D eigenvalue weighted by molar-refractivity contribution is 8.00. The Morgan fingerprint density at radius 2 is 1.91 bits per heavy atom. The van der Waals surface area contributed by atoms with E-state index in [4.69, 9.17) is 9.47 Å². The second-order valence-corrected chi connectivity index (χ2v) is 9.75. The molecule has 0 bridgehead atoms. The van der Waals surface area contributed by atoms with Crippen molar-refractivity contribution in [2.75, 3.05) is 19.9 Å². The minimum Gasteiger partial charge on any atom is -0.447 e. The number of aliphatic hydroxyl groups excluding tert-OH is 1. The second kappa shape index (κ2) is 12.3. The van der Waals surface area contributed by atoms with Gasteiger partial charge in [0.25, 0.3) is 0 Å². The molecule has 5 atom stereocenters. The van der Waals surface area contributed by atoms with Crippen molar-refractivity contribution in [3.63, 3.8) is 0 Å². The van der Waals surface area contributed by atoms with E-state index in [-0.39, 0.29) is 31.1 Å². The number of likely N-dealkylation sites (N-methyl/N-ethyl adjacent to an activating group) is 1. The molecule has 9 heteroatoms. The van der Waals surface area contributed by atoms with E-state index in [1.54, 1.807) is 13.3 Å². The summed E-state index contributed by atoms with van der Waals surface area (Å²) in [4.78, 5) is 41.0. The molecule has 0 aromatic heterocycles. The molecule has 1 heterocycles. The van der Waals surface area contributed by atoms with Crippen molar-refractivity contribution in [3.8, 4) is 0 Å². The van der Waals surface area contributed by atoms with Gasteiger partial charge in [0.2, 0.25) is 5.91 Å². The molecule has 0 saturated carbocycles. The van der Waals surface area contributed by atoms with Crippen LogP contribution < -0.4 is 0 Å². The van der Waals surface area contributed by atoms with Gasteiger partial charge in [0.05, 0.1) is 18.2 Å². The lowest BCUT2D eigenvalue weighted by Gasteiger charge is -2.38. The van der Waals surface area contributed by atoms with E-state index in [0.29, 0.717) is 6.42 Å². The van der Waals surface area contributed by atoms with Crippen LogP contribution in [0.5, 0.6) is 0 Å². The highest BCUT2D eigenvalue weighted by atomic mass is 32.2. The monoisotopic (exact) mass is 480 g/mol. The molecule has 0 unspecified atom stereocenters. The molecule has 1 aromatic carbocycles. The van der Waals surface area contributed by atoms with Crippen LogP contribution in [-0.4, -0.2) is 76.3 Å². The van der Waals surface area contributed by atoms with E-state index < -0.39 is 35.5 Å². The number of ether oxygens (including phenoxy) is 2. The number of hydrogen-bond donors (Lipinski definition) is 1. The van der Waals surface area contributed by atoms with Gasteiger partial charge >= 0.3 is 12.2 Å². The minimum absolute atomic E-state index is 0.0149. The Kier molecular flexibility index (Phi) is 10.0. The summed E-state index contributed by atoms with van der Waals surface area (Å²) in [5, 5.41) is 10.4. The summed E-state index contributed by atoms with van der Waals surface area (Å²) in [6, 6.07) is 8.25. The molecular formula is C24H36N2O6S. The Morgan fingerprint density at radius 1 is 1.27 bits per heavy atom. The Labute approximate surface area is 200 Å². The van der Waals surface area contributed by atoms with Gasteiger partial charge in [0.15, 0.2) is 0 Å². The second-order valence-electron chi connectivity index (χ2n) is 8.77. The van der Waals surface area contributed by atoms with E-state index in [2.05, 4.69) is 0 Å². The fraction of sp³-hybridized carbons (Fsp3) is 0.625. The average Bonchev–Trinajstić information content (AvgIpc) is 3.20. The zero-order valence-electron chi connectivity index (χ0n) is 20.3. The molecule has 2 rings (SSSR count). The van der Waals surface area contributed by atoms with E-state index in [0.717, 1.165) is 22.2 Å². The molecule has 8 nitrogen and oxygen atoms in total. The molecule has 0 aliphatic carbocycles. The first-order valence-corrected chi connectivity index (χ1v) is 12.6. The number of thioether (sulfide) groups is 1. The van der Waals surface area contributed by atoms with Crippen molar-refractivity contribution in [1.29, 1.82) is 0 Å². The number of nitrogens with zero attached hydrogens (tertiary/aromatic N) is 2. The minimum atomic E-state index is -1.21. The van der Waals surface area contributed by atoms with E-state index in [9.17, 15) is 19.5 Å². The first-order valence-electron chi connectivity index (χ1n) is 11.3. The number of amides is 3. The van der Waals surface area contributed by atoms with Crippen LogP contribution in [-0.2, 0) is 20.9 Å². The number of rotatable bonds is 10. The lowest BCUT2D eigenvalue weighted by atomic mass is 9.90. The smallest absolute Gasteiger partial charge is 0.417 e. The summed E-state index contributed by atoms with van der Waals surface area (Å²) >= 11 is 1.16. The first-order chi connectivity index (χ1) is 15.6. The molecule has 1 fully saturated rings. The van der Waals surface area contributed by atoms with Crippen molar-refractivity contribution < 1.29 is 29.0 Å². The number of carbonyl (C=O) groups is 3. The number of carbonyl (C=O) groups excluding carboxylic acids is 3. The number of benzene rings is 1. The molecule has 1 saturated heterocycles. The van der Waals surface area contributed by atoms with Gasteiger partial charge in [0.1, 0.15) is 18.5 Å². The number of imide groups is 1. The average molecular weight is 481 g/mol. The lowest BCUT2D eigenvalue weighted by molar-refractivity contribution is -0.132. The van der Waals surface area contributed by atoms with Gasteiger partial charge in [-0.15, -0.1) is 11.8 Å². The number of hydrogen-bond acceptors (Lipinski definition) is 7. The largest absolute Gasteiger partial charge is 0.447 e. The first kappa shape index (κ1) is 27.0. The third kappa shape index (κ3) is 6.41. The third-order valence-corrected chi connectivity index (χ3v) is 7.23. The van der Waals surface area contributed by atoms with Crippen LogP contribution in [0.2, 0.25) is 0 Å². The van der Waals surface area contributed by atoms with Gasteiger partial charge in [-0.05, 0) is 23.7 Å². The predicted octanol–water partition coefficient (Wildman–Crippen LogP) is 3.77. The predicted molar refractivity (Wildman–Crippen MR) is 128 cm³/mol. The topological polar surface area (TPSA) is 96.4 Å². The van der Waals surface area contributed by atoms with Crippen LogP contribution >= 0.6 is 11.8 Å². The standard InChI is InChI=1S/C24H36N2O6S/c1-7-16(4)19(25(5)23(29)31-13-17-11-9-8-10-12-17)20(27)21(33-6)22(28)26-18(15(2)3)14-32-24(26)30/h8-12,15-16,18-21,27H,7,13-14H2,1-6H3/t16-,18+,19-,20+,21-/m0/s1. The van der Waals surface area contributed by atoms with Gasteiger partial charge in [0, 0.05) is 7.05 Å². The van der Waals surface area contributed by atoms with Gasteiger partial charge in [-0.1, -0.05) is 64.4 Å². The SMILES string of the molecule is CC[C@H](C)[C@@H]([C@@H](O)[C@H](SC)C(=O)N1C(=O)OC[C@@H]1C(C)C)N(C)C(=O)OCc1ccccc1. The van der Waals surface area contributed by atoms with Gasteiger partial charge in [-0.3, -0.25) is 4.79 Å². The zero-order chi connectivity index (χ0) is 24.7. The Bertz CT molecular complexity index is 805. The molecule has 33 heavy (non-hydrogen) atoms. The summed E-state index contributed by atoms with van der Waals surface area (Å²) in [5.74, 6) is -0.611. The van der Waals surface area contributed by atoms with E-state index in [1.165, 1.54) is 4.90 Å². The normalized spacial score (nSPS) is 19.6. The highest BCUT2D eigenvalue weighted by Crippen LogP contribution is 2.29. The van der Waals surface area contributed by atoms with E-state index in [1.807, 2.05) is 58.0 Å². The van der Waals surface area contributed by atoms with Crippen molar-refractivity contribution >= 4 is 29.9 Å². The maximum absolute atomic E-state index is 13.4. The molecule has 3 amide bonds. The van der Waals surface area contributed by atoms with Gasteiger partial charge < -0.3 is 19.5 Å². The maximum Gasteiger partial charge on any atom is 0.417 e. The van der Waals surface area contributed by atoms with Crippen LogP contribution in [0.15, 0.2) is 30.3 Å². The van der Waals surface area contributed by atoms with Crippen LogP contribution in [0, 0.1) is 11.8 Å². The van der Waals surface area contributed by atoms with Crippen molar-refractivity contribution in [2.45, 2.75) is 64.2 Å². The number of aliphatic hydroxyl groups is 1. The van der Waals surface area contributed by atoms with Crippen molar-refractivity contribution in [1.82, 2.24) is 9.80 Å². The van der Waals surface area contributed by atoms with E-state index >= 15 is 0 Å². The quantitative estimate of drug-likeness (QED) is 0.545. The zero-order valence-corrected chi connectivity index (χ0v) is 21.1. The van der Waals surface area contributed by atoms with Gasteiger partial charge in [-0.25, -0.2) is 14.5 Å².